The van der Waals surface area contributed by atoms with Gasteiger partial charge in [0, 0.05) is 0 Å². The first kappa shape index (κ1) is 12.1. The number of nitrogen functional groups attached to an aromatic ring is 1. The van der Waals surface area contributed by atoms with Crippen LogP contribution >= 0.6 is 38.5 Å². The summed E-state index contributed by atoms with van der Waals surface area (Å²) in [5.41, 5.74) is 6.98. The minimum Gasteiger partial charge on any atom is -0.454 e. The maximum atomic E-state index is 5.93. The van der Waals surface area contributed by atoms with Crippen molar-refractivity contribution in [2.45, 2.75) is 6.54 Å². The van der Waals surface area contributed by atoms with E-state index in [-0.39, 0.29) is 6.79 Å². The van der Waals surface area contributed by atoms with E-state index in [1.54, 1.807) is 10.9 Å². The molecule has 2 N–H and O–H groups in total. The largest absolute Gasteiger partial charge is 0.454 e. The normalized spacial score (nSPS) is 13.0. The molecule has 0 atom stereocenters. The van der Waals surface area contributed by atoms with Crippen LogP contribution in [0.15, 0.2) is 22.8 Å². The van der Waals surface area contributed by atoms with E-state index in [2.05, 4.69) is 43.6 Å². The van der Waals surface area contributed by atoms with Gasteiger partial charge >= 0.3 is 0 Å². The number of fused-ring (bicyclic) bond motifs is 1. The van der Waals surface area contributed by atoms with Crippen LogP contribution in [0.2, 0.25) is 0 Å². The predicted octanol–water partition coefficient (Wildman–Crippen LogP) is 2.61. The van der Waals surface area contributed by atoms with Gasteiger partial charge in [0.05, 0.1) is 20.8 Å². The lowest BCUT2D eigenvalue weighted by Crippen LogP contribution is -2.06. The number of nitrogens with zero attached hydrogens (tertiary/aromatic N) is 2. The zero-order chi connectivity index (χ0) is 12.7. The smallest absolute Gasteiger partial charge is 0.231 e. The molecule has 1 aliphatic heterocycles. The molecule has 1 aromatic heterocycles. The van der Waals surface area contributed by atoms with Gasteiger partial charge in [0.1, 0.15) is 5.82 Å². The Kier molecular flexibility index (Phi) is 3.10. The zero-order valence-electron chi connectivity index (χ0n) is 9.19. The molecule has 0 saturated carbocycles. The number of hydrogen-bond donors (Lipinski definition) is 1. The van der Waals surface area contributed by atoms with Gasteiger partial charge in [-0.1, -0.05) is 0 Å². The number of anilines is 1. The number of ether oxygens (including phenoxy) is 2. The van der Waals surface area contributed by atoms with Gasteiger partial charge in [0.25, 0.3) is 0 Å². The average Bonchev–Trinajstić information content (AvgIpc) is 2.91. The fourth-order valence-corrected chi connectivity index (χ4v) is 2.79. The Labute approximate surface area is 126 Å². The van der Waals surface area contributed by atoms with Gasteiger partial charge in [-0.15, -0.1) is 0 Å². The summed E-state index contributed by atoms with van der Waals surface area (Å²) in [4.78, 5) is 0. The van der Waals surface area contributed by atoms with E-state index < -0.39 is 0 Å². The van der Waals surface area contributed by atoms with E-state index in [1.807, 2.05) is 12.1 Å². The highest BCUT2D eigenvalue weighted by Crippen LogP contribution is 2.40. The lowest BCUT2D eigenvalue weighted by molar-refractivity contribution is 0.173. The second-order valence-electron chi connectivity index (χ2n) is 3.85. The van der Waals surface area contributed by atoms with Gasteiger partial charge in [-0.2, -0.15) is 5.10 Å². The minimum absolute atomic E-state index is 0.263. The summed E-state index contributed by atoms with van der Waals surface area (Å²) in [6.07, 6.45) is 1.75. The molecule has 0 amide bonds. The van der Waals surface area contributed by atoms with Gasteiger partial charge in [-0.25, -0.2) is 4.68 Å². The van der Waals surface area contributed by atoms with Crippen LogP contribution in [0.25, 0.3) is 0 Å². The van der Waals surface area contributed by atoms with Gasteiger partial charge in [-0.3, -0.25) is 0 Å². The van der Waals surface area contributed by atoms with Crippen LogP contribution in [0.3, 0.4) is 0 Å². The quantitative estimate of drug-likeness (QED) is 0.757. The van der Waals surface area contributed by atoms with Crippen LogP contribution in [0.1, 0.15) is 5.56 Å². The minimum atomic E-state index is 0.263. The maximum absolute atomic E-state index is 5.93. The van der Waals surface area contributed by atoms with E-state index in [1.165, 1.54) is 0 Å². The SMILES string of the molecule is Nc1c(I)cnn1Cc1cc(Br)c2c(c1)OCO2. The second kappa shape index (κ2) is 4.61. The molecule has 1 aromatic carbocycles. The number of halogens is 2. The summed E-state index contributed by atoms with van der Waals surface area (Å²) in [7, 11) is 0. The van der Waals surface area contributed by atoms with Crippen molar-refractivity contribution in [3.8, 4) is 11.5 Å². The molecule has 94 valence electrons. The van der Waals surface area contributed by atoms with E-state index >= 15 is 0 Å². The van der Waals surface area contributed by atoms with E-state index in [0.29, 0.717) is 12.4 Å². The Morgan fingerprint density at radius 3 is 3.00 bits per heavy atom. The molecular weight excluding hydrogens is 413 g/mol. The maximum Gasteiger partial charge on any atom is 0.231 e. The monoisotopic (exact) mass is 421 g/mol. The number of aromatic nitrogens is 2. The van der Waals surface area contributed by atoms with Gasteiger partial charge in [0.15, 0.2) is 11.5 Å². The molecule has 0 bridgehead atoms. The number of rotatable bonds is 2. The van der Waals surface area contributed by atoms with Crippen molar-refractivity contribution < 1.29 is 9.47 Å². The third-order valence-corrected chi connectivity index (χ3v) is 4.07. The Morgan fingerprint density at radius 2 is 2.28 bits per heavy atom. The van der Waals surface area contributed by atoms with Crippen LogP contribution in [0.5, 0.6) is 11.5 Å². The molecule has 0 unspecified atom stereocenters. The number of hydrogen-bond acceptors (Lipinski definition) is 4. The first-order valence-electron chi connectivity index (χ1n) is 5.20. The number of benzene rings is 1. The van der Waals surface area contributed by atoms with E-state index in [0.717, 1.165) is 25.1 Å². The predicted molar refractivity (Wildman–Crippen MR) is 78.7 cm³/mol. The van der Waals surface area contributed by atoms with Crippen molar-refractivity contribution in [3.63, 3.8) is 0 Å². The molecule has 7 heteroatoms. The summed E-state index contributed by atoms with van der Waals surface area (Å²) in [6.45, 7) is 0.864. The van der Waals surface area contributed by atoms with Crippen molar-refractivity contribution in [2.75, 3.05) is 12.5 Å². The van der Waals surface area contributed by atoms with Crippen LogP contribution in [0, 0.1) is 3.57 Å². The molecule has 0 spiro atoms. The summed E-state index contributed by atoms with van der Waals surface area (Å²) in [5, 5.41) is 4.23. The topological polar surface area (TPSA) is 62.3 Å². The molecule has 0 fully saturated rings. The van der Waals surface area contributed by atoms with Gasteiger partial charge in [-0.05, 0) is 56.2 Å². The molecule has 5 nitrogen and oxygen atoms in total. The zero-order valence-corrected chi connectivity index (χ0v) is 12.9. The van der Waals surface area contributed by atoms with Crippen molar-refractivity contribution in [2.24, 2.45) is 0 Å². The fourth-order valence-electron chi connectivity index (χ4n) is 1.78. The highest BCUT2D eigenvalue weighted by atomic mass is 127. The Balaban J connectivity index is 1.94. The van der Waals surface area contributed by atoms with Crippen LogP contribution in [-0.4, -0.2) is 16.6 Å². The van der Waals surface area contributed by atoms with E-state index in [9.17, 15) is 0 Å². The van der Waals surface area contributed by atoms with Crippen molar-refractivity contribution >= 4 is 44.3 Å². The molecule has 2 heterocycles. The van der Waals surface area contributed by atoms with Crippen molar-refractivity contribution in [1.29, 1.82) is 0 Å². The molecular formula is C11H9BrIN3O2. The summed E-state index contributed by atoms with van der Waals surface area (Å²) in [6, 6.07) is 3.93. The first-order chi connectivity index (χ1) is 8.65. The highest BCUT2D eigenvalue weighted by molar-refractivity contribution is 14.1. The molecule has 1 aliphatic rings. The van der Waals surface area contributed by atoms with Crippen molar-refractivity contribution in [3.05, 3.63) is 31.9 Å². The standard InChI is InChI=1S/C11H9BrIN3O2/c12-7-1-6(2-9-10(7)18-5-17-9)4-16-11(14)8(13)3-15-16/h1-3H,4-5,14H2. The Morgan fingerprint density at radius 1 is 1.44 bits per heavy atom. The Hall–Kier alpha value is -0.960. The third-order valence-electron chi connectivity index (χ3n) is 2.65. The lowest BCUT2D eigenvalue weighted by atomic mass is 10.2. The third kappa shape index (κ3) is 2.05. The summed E-state index contributed by atoms with van der Waals surface area (Å²) >= 11 is 5.63. The van der Waals surface area contributed by atoms with Crippen LogP contribution in [0.4, 0.5) is 5.82 Å². The molecule has 3 rings (SSSR count). The molecule has 0 radical (unpaired) electrons. The average molecular weight is 422 g/mol. The summed E-state index contributed by atoms with van der Waals surface area (Å²) in [5.74, 6) is 2.17. The molecule has 0 aliphatic carbocycles. The van der Waals surface area contributed by atoms with E-state index in [4.69, 9.17) is 15.2 Å². The lowest BCUT2D eigenvalue weighted by Gasteiger charge is -2.07. The molecule has 0 saturated heterocycles. The first-order valence-corrected chi connectivity index (χ1v) is 7.07. The molecule has 2 aromatic rings. The number of nitrogens with two attached hydrogens (primary N) is 1. The van der Waals surface area contributed by atoms with Gasteiger partial charge in [0.2, 0.25) is 6.79 Å². The molecule has 18 heavy (non-hydrogen) atoms. The highest BCUT2D eigenvalue weighted by Gasteiger charge is 2.18. The summed E-state index contributed by atoms with van der Waals surface area (Å²) < 4.78 is 14.3. The van der Waals surface area contributed by atoms with Crippen molar-refractivity contribution in [1.82, 2.24) is 9.78 Å². The fraction of sp³-hybridized carbons (Fsp3) is 0.182. The van der Waals surface area contributed by atoms with Crippen LogP contribution in [-0.2, 0) is 6.54 Å². The second-order valence-corrected chi connectivity index (χ2v) is 5.86. The Bertz CT molecular complexity index is 615. The van der Waals surface area contributed by atoms with Crippen LogP contribution < -0.4 is 15.2 Å². The van der Waals surface area contributed by atoms with Gasteiger partial charge < -0.3 is 15.2 Å².